The lowest BCUT2D eigenvalue weighted by Gasteiger charge is -2.32. The Kier molecular flexibility index (Phi) is 6.74. The predicted molar refractivity (Wildman–Crippen MR) is 147 cm³/mol. The Bertz CT molecular complexity index is 1350. The number of hydrogen-bond acceptors (Lipinski definition) is 5. The van der Waals surface area contributed by atoms with E-state index in [1.807, 2.05) is 90.7 Å². The minimum Gasteiger partial charge on any atom is -0.325 e. The van der Waals surface area contributed by atoms with Crippen LogP contribution in [0.3, 0.4) is 0 Å². The van der Waals surface area contributed by atoms with Crippen molar-refractivity contribution in [3.05, 3.63) is 95.6 Å². The van der Waals surface area contributed by atoms with Gasteiger partial charge in [-0.15, -0.1) is 0 Å². The van der Waals surface area contributed by atoms with Crippen LogP contribution in [0.2, 0.25) is 0 Å². The molecule has 6 nitrogen and oxygen atoms in total. The van der Waals surface area contributed by atoms with Crippen molar-refractivity contribution in [1.29, 1.82) is 0 Å². The summed E-state index contributed by atoms with van der Waals surface area (Å²) in [6.45, 7) is 6.27. The highest BCUT2D eigenvalue weighted by Crippen LogP contribution is 2.40. The van der Waals surface area contributed by atoms with Gasteiger partial charge >= 0.3 is 0 Å². The van der Waals surface area contributed by atoms with Crippen molar-refractivity contribution in [2.45, 2.75) is 44.4 Å². The van der Waals surface area contributed by atoms with Crippen molar-refractivity contribution in [1.82, 2.24) is 4.90 Å². The molecule has 2 aliphatic rings. The lowest BCUT2D eigenvalue weighted by molar-refractivity contribution is -0.119. The summed E-state index contributed by atoms with van der Waals surface area (Å²) in [5, 5.41) is 3.25. The quantitative estimate of drug-likeness (QED) is 0.435. The summed E-state index contributed by atoms with van der Waals surface area (Å²) in [6.07, 6.45) is 0.603. The van der Waals surface area contributed by atoms with Crippen LogP contribution >= 0.6 is 11.8 Å². The van der Waals surface area contributed by atoms with E-state index in [1.165, 1.54) is 17.3 Å². The van der Waals surface area contributed by atoms with E-state index in [2.05, 4.69) is 24.2 Å². The first-order valence-corrected chi connectivity index (χ1v) is 13.1. The van der Waals surface area contributed by atoms with Crippen molar-refractivity contribution < 1.29 is 9.59 Å². The third kappa shape index (κ3) is 4.58. The van der Waals surface area contributed by atoms with Crippen LogP contribution in [0.25, 0.3) is 0 Å². The van der Waals surface area contributed by atoms with Crippen molar-refractivity contribution in [2.24, 2.45) is 9.98 Å². The summed E-state index contributed by atoms with van der Waals surface area (Å²) in [4.78, 5) is 37.6. The van der Waals surface area contributed by atoms with Gasteiger partial charge in [-0.2, -0.15) is 4.99 Å². The van der Waals surface area contributed by atoms with E-state index in [0.29, 0.717) is 23.3 Å². The lowest BCUT2D eigenvalue weighted by Crippen LogP contribution is -2.40. The zero-order valence-electron chi connectivity index (χ0n) is 20.5. The van der Waals surface area contributed by atoms with Gasteiger partial charge in [-0.25, -0.2) is 4.99 Å². The Morgan fingerprint density at radius 2 is 1.67 bits per heavy atom. The van der Waals surface area contributed by atoms with Gasteiger partial charge in [0, 0.05) is 11.3 Å². The molecule has 36 heavy (non-hydrogen) atoms. The number of para-hydroxylation sites is 1. The highest BCUT2D eigenvalue weighted by Gasteiger charge is 2.43. The molecular weight excluding hydrogens is 468 g/mol. The molecule has 182 valence electrons. The SMILES string of the molecule is CCC(SC1=Nc2ccccc2C2=NC(=O)C(c3ccccc3)N12)C(=O)Nc1ccc(C(C)C)cc1. The first-order chi connectivity index (χ1) is 17.5. The van der Waals surface area contributed by atoms with Crippen molar-refractivity contribution >= 4 is 46.0 Å². The number of thioether (sulfide) groups is 1. The molecule has 2 amide bonds. The number of aliphatic imine (C=N–C) groups is 2. The molecule has 2 unspecified atom stereocenters. The molecule has 3 aromatic carbocycles. The van der Waals surface area contributed by atoms with Gasteiger partial charge in [-0.1, -0.05) is 87.1 Å². The molecule has 2 atom stereocenters. The summed E-state index contributed by atoms with van der Waals surface area (Å²) < 4.78 is 0. The number of hydrogen-bond donors (Lipinski definition) is 1. The lowest BCUT2D eigenvalue weighted by atomic mass is 10.0. The second-order valence-corrected chi connectivity index (χ2v) is 10.3. The number of carbonyl (C=O) groups is 2. The minimum atomic E-state index is -0.607. The highest BCUT2D eigenvalue weighted by atomic mass is 32.2. The molecular formula is C29H28N4O2S. The van der Waals surface area contributed by atoms with Gasteiger partial charge in [0.05, 0.1) is 10.9 Å². The Morgan fingerprint density at radius 1 is 0.972 bits per heavy atom. The largest absolute Gasteiger partial charge is 0.325 e. The third-order valence-corrected chi connectivity index (χ3v) is 7.71. The average Bonchev–Trinajstić information content (AvgIpc) is 3.25. The van der Waals surface area contributed by atoms with Crippen LogP contribution in [-0.2, 0) is 9.59 Å². The molecule has 0 aromatic heterocycles. The summed E-state index contributed by atoms with van der Waals surface area (Å²) in [5.41, 5.74) is 4.39. The van der Waals surface area contributed by atoms with Crippen LogP contribution in [-0.4, -0.2) is 33.0 Å². The smallest absolute Gasteiger partial charge is 0.275 e. The van der Waals surface area contributed by atoms with E-state index in [0.717, 1.165) is 22.5 Å². The molecule has 3 aromatic rings. The fraction of sp³-hybridized carbons (Fsp3) is 0.241. The fourth-order valence-corrected chi connectivity index (χ4v) is 5.44. The number of rotatable bonds is 6. The highest BCUT2D eigenvalue weighted by molar-refractivity contribution is 8.15. The van der Waals surface area contributed by atoms with Crippen LogP contribution in [0, 0.1) is 0 Å². The van der Waals surface area contributed by atoms with Crippen LogP contribution < -0.4 is 5.32 Å². The molecule has 0 saturated heterocycles. The normalized spacial score (nSPS) is 17.3. The number of nitrogens with one attached hydrogen (secondary N) is 1. The number of nitrogens with zero attached hydrogens (tertiary/aromatic N) is 3. The van der Waals surface area contributed by atoms with Crippen molar-refractivity contribution in [3.63, 3.8) is 0 Å². The topological polar surface area (TPSA) is 74.1 Å². The Labute approximate surface area is 215 Å². The second kappa shape index (κ2) is 10.1. The number of amides is 2. The summed E-state index contributed by atoms with van der Waals surface area (Å²) in [6, 6.07) is 24.6. The summed E-state index contributed by atoms with van der Waals surface area (Å²) >= 11 is 1.37. The van der Waals surface area contributed by atoms with Crippen LogP contribution in [0.5, 0.6) is 0 Å². The van der Waals surface area contributed by atoms with Gasteiger partial charge in [0.1, 0.15) is 11.9 Å². The molecule has 0 saturated carbocycles. The minimum absolute atomic E-state index is 0.0957. The second-order valence-electron chi connectivity index (χ2n) is 9.15. The predicted octanol–water partition coefficient (Wildman–Crippen LogP) is 6.29. The molecule has 1 N–H and O–H groups in total. The molecule has 5 rings (SSSR count). The van der Waals surface area contributed by atoms with Gasteiger partial charge in [-0.3, -0.25) is 14.5 Å². The Balaban J connectivity index is 1.45. The number of amidine groups is 2. The third-order valence-electron chi connectivity index (χ3n) is 6.37. The summed E-state index contributed by atoms with van der Waals surface area (Å²) in [7, 11) is 0. The van der Waals surface area contributed by atoms with Crippen LogP contribution in [0.15, 0.2) is 88.8 Å². The van der Waals surface area contributed by atoms with E-state index >= 15 is 0 Å². The number of carbonyl (C=O) groups excluding carboxylic acids is 2. The van der Waals surface area contributed by atoms with Crippen molar-refractivity contribution in [3.8, 4) is 0 Å². The van der Waals surface area contributed by atoms with Gasteiger partial charge in [0.2, 0.25) is 5.91 Å². The van der Waals surface area contributed by atoms with Crippen LogP contribution in [0.1, 0.15) is 55.8 Å². The Morgan fingerprint density at radius 3 is 2.36 bits per heavy atom. The van der Waals surface area contributed by atoms with Gasteiger partial charge in [0.15, 0.2) is 5.17 Å². The zero-order chi connectivity index (χ0) is 25.2. The van der Waals surface area contributed by atoms with E-state index in [-0.39, 0.29) is 11.8 Å². The first kappa shape index (κ1) is 24.0. The number of benzene rings is 3. The number of fused-ring (bicyclic) bond motifs is 3. The van der Waals surface area contributed by atoms with Gasteiger partial charge < -0.3 is 5.32 Å². The van der Waals surface area contributed by atoms with E-state index in [1.54, 1.807) is 0 Å². The Hall–Kier alpha value is -3.71. The standard InChI is InChI=1S/C29H28N4O2S/c1-4-24(27(34)30-21-16-14-19(15-17-21)18(2)3)36-29-31-23-13-9-8-12-22(23)26-32-28(35)25(33(26)29)20-10-6-5-7-11-20/h5-18,24-25H,4H2,1-3H3,(H,30,34). The molecule has 2 heterocycles. The maximum Gasteiger partial charge on any atom is 0.275 e. The molecule has 0 radical (unpaired) electrons. The zero-order valence-corrected chi connectivity index (χ0v) is 21.3. The van der Waals surface area contributed by atoms with E-state index < -0.39 is 11.3 Å². The monoisotopic (exact) mass is 496 g/mol. The maximum atomic E-state index is 13.3. The first-order valence-electron chi connectivity index (χ1n) is 12.2. The molecule has 7 heteroatoms. The number of anilines is 1. The van der Waals surface area contributed by atoms with E-state index in [9.17, 15) is 9.59 Å². The molecule has 2 aliphatic heterocycles. The van der Waals surface area contributed by atoms with Gasteiger partial charge in [-0.05, 0) is 47.7 Å². The fourth-order valence-electron chi connectivity index (χ4n) is 4.39. The molecule has 0 fully saturated rings. The van der Waals surface area contributed by atoms with Crippen molar-refractivity contribution in [2.75, 3.05) is 5.32 Å². The maximum absolute atomic E-state index is 13.3. The molecule has 0 aliphatic carbocycles. The van der Waals surface area contributed by atoms with Crippen LogP contribution in [0.4, 0.5) is 11.4 Å². The van der Waals surface area contributed by atoms with Gasteiger partial charge in [0.25, 0.3) is 5.91 Å². The average molecular weight is 497 g/mol. The molecule has 0 bridgehead atoms. The van der Waals surface area contributed by atoms with E-state index in [4.69, 9.17) is 4.99 Å². The molecule has 0 spiro atoms. The summed E-state index contributed by atoms with van der Waals surface area (Å²) in [5.74, 6) is 0.685.